The Balaban J connectivity index is 2.35. The summed E-state index contributed by atoms with van der Waals surface area (Å²) in [4.78, 5) is 0. The lowest BCUT2D eigenvalue weighted by atomic mass is 10.1. The number of hydrogen-bond donors (Lipinski definition) is 2. The molecule has 0 aliphatic heterocycles. The highest BCUT2D eigenvalue weighted by Gasteiger charge is 2.12. The molecule has 2 heteroatoms. The third-order valence-electron chi connectivity index (χ3n) is 2.69. The van der Waals surface area contributed by atoms with Gasteiger partial charge in [0.25, 0.3) is 0 Å². The topological polar surface area (TPSA) is 24.1 Å². The fraction of sp³-hybridized carbons (Fsp3) is 0.538. The zero-order valence-electron chi connectivity index (χ0n) is 10.2. The van der Waals surface area contributed by atoms with E-state index in [1.807, 2.05) is 7.05 Å². The summed E-state index contributed by atoms with van der Waals surface area (Å²) in [7, 11) is 1.99. The van der Waals surface area contributed by atoms with E-state index < -0.39 is 0 Å². The van der Waals surface area contributed by atoms with Crippen molar-refractivity contribution < 1.29 is 0 Å². The van der Waals surface area contributed by atoms with Crippen molar-refractivity contribution in [2.24, 2.45) is 0 Å². The van der Waals surface area contributed by atoms with Crippen LogP contribution in [0.15, 0.2) is 24.3 Å². The second-order valence-electron chi connectivity index (χ2n) is 4.72. The molecule has 0 atom stereocenters. The fourth-order valence-electron chi connectivity index (χ4n) is 1.31. The molecule has 0 fully saturated rings. The number of benzene rings is 1. The van der Waals surface area contributed by atoms with E-state index in [0.717, 1.165) is 13.1 Å². The zero-order chi connectivity index (χ0) is 11.3. The normalized spacial score (nSPS) is 11.7. The van der Waals surface area contributed by atoms with Gasteiger partial charge in [-0.1, -0.05) is 29.8 Å². The van der Waals surface area contributed by atoms with Gasteiger partial charge in [-0.3, -0.25) is 0 Å². The summed E-state index contributed by atoms with van der Waals surface area (Å²) in [6, 6.07) is 8.66. The predicted molar refractivity (Wildman–Crippen MR) is 66.0 cm³/mol. The summed E-state index contributed by atoms with van der Waals surface area (Å²) in [5.41, 5.74) is 2.81. The van der Waals surface area contributed by atoms with E-state index in [1.165, 1.54) is 11.1 Å². The molecule has 0 radical (unpaired) electrons. The molecule has 15 heavy (non-hydrogen) atoms. The van der Waals surface area contributed by atoms with Crippen molar-refractivity contribution in [1.29, 1.82) is 0 Å². The molecule has 84 valence electrons. The molecule has 0 bridgehead atoms. The van der Waals surface area contributed by atoms with Gasteiger partial charge < -0.3 is 10.6 Å². The lowest BCUT2D eigenvalue weighted by Gasteiger charge is -2.24. The third kappa shape index (κ3) is 4.45. The third-order valence-corrected chi connectivity index (χ3v) is 2.69. The Bertz CT molecular complexity index is 288. The average Bonchev–Trinajstić information content (AvgIpc) is 2.21. The van der Waals surface area contributed by atoms with Crippen molar-refractivity contribution in [2.75, 3.05) is 13.6 Å². The summed E-state index contributed by atoms with van der Waals surface area (Å²) in [5, 5.41) is 6.72. The van der Waals surface area contributed by atoms with Gasteiger partial charge in [-0.15, -0.1) is 0 Å². The van der Waals surface area contributed by atoms with E-state index >= 15 is 0 Å². The van der Waals surface area contributed by atoms with Gasteiger partial charge in [0, 0.05) is 18.6 Å². The van der Waals surface area contributed by atoms with E-state index in [9.17, 15) is 0 Å². The van der Waals surface area contributed by atoms with Crippen molar-refractivity contribution in [2.45, 2.75) is 32.9 Å². The molecule has 2 N–H and O–H groups in total. The Labute approximate surface area is 93.1 Å². The molecular formula is C13H22N2. The van der Waals surface area contributed by atoms with Crippen LogP contribution in [0.5, 0.6) is 0 Å². The molecule has 0 spiro atoms. The minimum atomic E-state index is 0.157. The van der Waals surface area contributed by atoms with Gasteiger partial charge >= 0.3 is 0 Å². The Hall–Kier alpha value is -0.860. The number of nitrogens with one attached hydrogen (secondary N) is 2. The lowest BCUT2D eigenvalue weighted by molar-refractivity contribution is 0.393. The molecule has 0 saturated carbocycles. The fourth-order valence-corrected chi connectivity index (χ4v) is 1.31. The smallest absolute Gasteiger partial charge is 0.0246 e. The first-order valence-corrected chi connectivity index (χ1v) is 5.49. The molecular weight excluding hydrogens is 184 g/mol. The monoisotopic (exact) mass is 206 g/mol. The molecule has 2 nitrogen and oxygen atoms in total. The SMILES string of the molecule is CNC(C)(C)CNCc1ccc(C)cc1. The highest BCUT2D eigenvalue weighted by Crippen LogP contribution is 2.03. The Morgan fingerprint density at radius 3 is 2.27 bits per heavy atom. The molecule has 1 rings (SSSR count). The summed E-state index contributed by atoms with van der Waals surface area (Å²) >= 11 is 0. The maximum Gasteiger partial charge on any atom is 0.0246 e. The summed E-state index contributed by atoms with van der Waals surface area (Å²) < 4.78 is 0. The first-order chi connectivity index (χ1) is 7.03. The van der Waals surface area contributed by atoms with Gasteiger partial charge in [0.05, 0.1) is 0 Å². The van der Waals surface area contributed by atoms with Crippen molar-refractivity contribution in [3.63, 3.8) is 0 Å². The minimum absolute atomic E-state index is 0.157. The van der Waals surface area contributed by atoms with Crippen LogP contribution in [0.25, 0.3) is 0 Å². The molecule has 0 aliphatic carbocycles. The van der Waals surface area contributed by atoms with Crippen LogP contribution < -0.4 is 10.6 Å². The van der Waals surface area contributed by atoms with Gasteiger partial charge in [-0.05, 0) is 33.4 Å². The first-order valence-electron chi connectivity index (χ1n) is 5.49. The van der Waals surface area contributed by atoms with Crippen LogP contribution in [0.4, 0.5) is 0 Å². The molecule has 0 amide bonds. The number of hydrogen-bond acceptors (Lipinski definition) is 2. The van der Waals surface area contributed by atoms with Crippen molar-refractivity contribution in [1.82, 2.24) is 10.6 Å². The van der Waals surface area contributed by atoms with Gasteiger partial charge in [0.2, 0.25) is 0 Å². The van der Waals surface area contributed by atoms with Crippen molar-refractivity contribution >= 4 is 0 Å². The summed E-state index contributed by atoms with van der Waals surface area (Å²) in [6.07, 6.45) is 0. The maximum atomic E-state index is 3.45. The molecule has 1 aromatic carbocycles. The molecule has 0 aliphatic rings. The van der Waals surface area contributed by atoms with Gasteiger partial charge in [-0.25, -0.2) is 0 Å². The van der Waals surface area contributed by atoms with E-state index in [0.29, 0.717) is 0 Å². The largest absolute Gasteiger partial charge is 0.314 e. The predicted octanol–water partition coefficient (Wildman–Crippen LogP) is 2.08. The van der Waals surface area contributed by atoms with Crippen molar-refractivity contribution in [3.05, 3.63) is 35.4 Å². The molecule has 1 aromatic rings. The van der Waals surface area contributed by atoms with E-state index in [2.05, 4.69) is 55.7 Å². The van der Waals surface area contributed by atoms with Crippen LogP contribution in [-0.2, 0) is 6.54 Å². The van der Waals surface area contributed by atoms with Crippen LogP contribution in [0.1, 0.15) is 25.0 Å². The van der Waals surface area contributed by atoms with Crippen molar-refractivity contribution in [3.8, 4) is 0 Å². The van der Waals surface area contributed by atoms with Crippen LogP contribution >= 0.6 is 0 Å². The molecule has 0 unspecified atom stereocenters. The minimum Gasteiger partial charge on any atom is -0.314 e. The van der Waals surface area contributed by atoms with Gasteiger partial charge in [-0.2, -0.15) is 0 Å². The second-order valence-corrected chi connectivity index (χ2v) is 4.72. The van der Waals surface area contributed by atoms with Crippen LogP contribution in [0.3, 0.4) is 0 Å². The van der Waals surface area contributed by atoms with E-state index in [1.54, 1.807) is 0 Å². The number of aryl methyl sites for hydroxylation is 1. The number of likely N-dealkylation sites (N-methyl/N-ethyl adjacent to an activating group) is 1. The number of rotatable bonds is 5. The zero-order valence-corrected chi connectivity index (χ0v) is 10.2. The maximum absolute atomic E-state index is 3.45. The van der Waals surface area contributed by atoms with E-state index in [-0.39, 0.29) is 5.54 Å². The van der Waals surface area contributed by atoms with Gasteiger partial charge in [0.15, 0.2) is 0 Å². The Morgan fingerprint density at radius 1 is 1.13 bits per heavy atom. The van der Waals surface area contributed by atoms with Crippen LogP contribution in [0.2, 0.25) is 0 Å². The molecule has 0 heterocycles. The second kappa shape index (κ2) is 5.29. The Morgan fingerprint density at radius 2 is 1.73 bits per heavy atom. The van der Waals surface area contributed by atoms with E-state index in [4.69, 9.17) is 0 Å². The first kappa shape index (κ1) is 12.2. The summed E-state index contributed by atoms with van der Waals surface area (Å²) in [5.74, 6) is 0. The average molecular weight is 206 g/mol. The lowest BCUT2D eigenvalue weighted by Crippen LogP contribution is -2.45. The van der Waals surface area contributed by atoms with Gasteiger partial charge in [0.1, 0.15) is 0 Å². The Kier molecular flexibility index (Phi) is 4.30. The quantitative estimate of drug-likeness (QED) is 0.771. The molecule has 0 saturated heterocycles. The van der Waals surface area contributed by atoms with Crippen LogP contribution in [-0.4, -0.2) is 19.1 Å². The standard InChI is InChI=1S/C13H22N2/c1-11-5-7-12(8-6-11)9-15-10-13(2,3)14-4/h5-8,14-15H,9-10H2,1-4H3. The highest BCUT2D eigenvalue weighted by molar-refractivity contribution is 5.21. The highest BCUT2D eigenvalue weighted by atomic mass is 15.0. The van der Waals surface area contributed by atoms with Crippen LogP contribution in [0, 0.1) is 6.92 Å². The summed E-state index contributed by atoms with van der Waals surface area (Å²) in [6.45, 7) is 8.40. The molecule has 0 aromatic heterocycles.